The molecule has 0 bridgehead atoms. The number of carboxylic acids is 1. The van der Waals surface area contributed by atoms with Gasteiger partial charge in [-0.3, -0.25) is 4.79 Å². The van der Waals surface area contributed by atoms with Crippen LogP contribution in [0.2, 0.25) is 0 Å². The van der Waals surface area contributed by atoms with Crippen LogP contribution in [0, 0.1) is 11.8 Å². The lowest BCUT2D eigenvalue weighted by Crippen LogP contribution is -2.04. The van der Waals surface area contributed by atoms with Gasteiger partial charge in [-0.05, 0) is 52.9 Å². The van der Waals surface area contributed by atoms with Gasteiger partial charge in [0, 0.05) is 18.9 Å². The molecule has 1 heterocycles. The molecular formula is C29H27NO3. The number of nitrogens with zero attached hydrogens (tertiary/aromatic N) is 1. The second-order valence-corrected chi connectivity index (χ2v) is 8.09. The first-order valence-electron chi connectivity index (χ1n) is 11.1. The summed E-state index contributed by atoms with van der Waals surface area (Å²) in [6.07, 6.45) is 5.36. The van der Waals surface area contributed by atoms with Gasteiger partial charge in [0.15, 0.2) is 0 Å². The predicted molar refractivity (Wildman–Crippen MR) is 131 cm³/mol. The zero-order chi connectivity index (χ0) is 23.0. The highest BCUT2D eigenvalue weighted by molar-refractivity contribution is 5.82. The third kappa shape index (κ3) is 6.05. The number of hydrogen-bond donors (Lipinski definition) is 1. The summed E-state index contributed by atoms with van der Waals surface area (Å²) >= 11 is 0. The van der Waals surface area contributed by atoms with Gasteiger partial charge in [-0.2, -0.15) is 0 Å². The lowest BCUT2D eigenvalue weighted by Gasteiger charge is -2.11. The van der Waals surface area contributed by atoms with Crippen LogP contribution in [0.15, 0.2) is 85.2 Å². The number of hydrogen-bond acceptors (Lipinski definition) is 2. The predicted octanol–water partition coefficient (Wildman–Crippen LogP) is 6.04. The lowest BCUT2D eigenvalue weighted by atomic mass is 9.96. The molecule has 0 saturated carbocycles. The summed E-state index contributed by atoms with van der Waals surface area (Å²) in [7, 11) is 0. The Balaban J connectivity index is 1.29. The third-order valence-corrected chi connectivity index (χ3v) is 5.67. The number of carbonyl (C=O) groups is 1. The molecular weight excluding hydrogens is 410 g/mol. The minimum Gasteiger partial charge on any atom is -0.489 e. The van der Waals surface area contributed by atoms with Gasteiger partial charge in [0.1, 0.15) is 12.4 Å². The fraction of sp³-hybridized carbons (Fsp3) is 0.207. The fourth-order valence-corrected chi connectivity index (χ4v) is 3.89. The van der Waals surface area contributed by atoms with Crippen molar-refractivity contribution in [3.63, 3.8) is 0 Å². The van der Waals surface area contributed by atoms with Crippen LogP contribution in [0.4, 0.5) is 0 Å². The summed E-state index contributed by atoms with van der Waals surface area (Å²) in [4.78, 5) is 11.1. The molecule has 33 heavy (non-hydrogen) atoms. The van der Waals surface area contributed by atoms with E-state index in [2.05, 4.69) is 77.3 Å². The molecule has 4 aromatic rings. The molecule has 0 aliphatic carbocycles. The number of rotatable bonds is 9. The largest absolute Gasteiger partial charge is 0.489 e. The highest BCUT2D eigenvalue weighted by atomic mass is 16.5. The Kier molecular flexibility index (Phi) is 7.12. The molecule has 166 valence electrons. The molecule has 4 rings (SSSR count). The normalized spacial score (nSPS) is 11.5. The topological polar surface area (TPSA) is 51.5 Å². The molecule has 1 atom stereocenters. The molecule has 0 unspecified atom stereocenters. The average molecular weight is 438 g/mol. The van der Waals surface area contributed by atoms with Crippen LogP contribution in [-0.2, 0) is 24.4 Å². The van der Waals surface area contributed by atoms with Gasteiger partial charge in [0.25, 0.3) is 0 Å². The maximum Gasteiger partial charge on any atom is 0.304 e. The number of aromatic nitrogens is 1. The number of aliphatic carboxylic acids is 1. The van der Waals surface area contributed by atoms with Crippen LogP contribution in [0.25, 0.3) is 10.8 Å². The Labute approximate surface area is 194 Å². The molecule has 0 aliphatic rings. The van der Waals surface area contributed by atoms with Crippen LogP contribution in [0.3, 0.4) is 0 Å². The summed E-state index contributed by atoms with van der Waals surface area (Å²) in [5.41, 5.74) is 3.29. The number of aryl methyl sites for hydroxylation is 2. The molecule has 0 saturated heterocycles. The van der Waals surface area contributed by atoms with Crippen molar-refractivity contribution < 1.29 is 14.6 Å². The monoisotopic (exact) mass is 437 g/mol. The summed E-state index contributed by atoms with van der Waals surface area (Å²) in [5, 5.41) is 11.6. The van der Waals surface area contributed by atoms with E-state index in [9.17, 15) is 4.79 Å². The highest BCUT2D eigenvalue weighted by Gasteiger charge is 2.13. The van der Waals surface area contributed by atoms with E-state index in [1.54, 1.807) is 6.92 Å². The molecule has 0 radical (unpaired) electrons. The molecule has 0 amide bonds. The van der Waals surface area contributed by atoms with Gasteiger partial charge in [-0.1, -0.05) is 66.6 Å². The Morgan fingerprint density at radius 1 is 0.939 bits per heavy atom. The Hall–Kier alpha value is -3.97. The van der Waals surface area contributed by atoms with Crippen molar-refractivity contribution in [2.24, 2.45) is 0 Å². The standard InChI is InChI=1S/C29H27NO3/c1-2-5-25(18-29(31)32)24-12-14-28(15-13-24)33-21-23-10-8-22(9-11-23)16-17-30-19-26-6-3-4-7-27(26)20-30/h3-4,6-15,19-20,25H,16-18,21H2,1H3,(H,31,32)/t25-/m0/s1. The number of carboxylic acid groups (broad SMARTS) is 1. The number of benzene rings is 3. The van der Waals surface area contributed by atoms with Gasteiger partial charge in [0.05, 0.1) is 12.3 Å². The first-order chi connectivity index (χ1) is 16.1. The second kappa shape index (κ2) is 10.6. The number of fused-ring (bicyclic) bond motifs is 1. The SMILES string of the molecule is CC#C[C@@H](CC(=O)O)c1ccc(OCc2ccc(CCn3cc4ccccc4c3)cc2)cc1. The second-order valence-electron chi connectivity index (χ2n) is 8.09. The van der Waals surface area contributed by atoms with Crippen molar-refractivity contribution >= 4 is 16.7 Å². The summed E-state index contributed by atoms with van der Waals surface area (Å²) in [5.74, 6) is 5.37. The highest BCUT2D eigenvalue weighted by Crippen LogP contribution is 2.23. The molecule has 0 fully saturated rings. The van der Waals surface area contributed by atoms with Crippen molar-refractivity contribution in [1.82, 2.24) is 4.57 Å². The van der Waals surface area contributed by atoms with Crippen molar-refractivity contribution in [3.05, 3.63) is 102 Å². The van der Waals surface area contributed by atoms with Crippen LogP contribution in [0.1, 0.15) is 36.0 Å². The van der Waals surface area contributed by atoms with E-state index in [0.29, 0.717) is 6.61 Å². The first kappa shape index (κ1) is 22.2. The molecule has 0 aliphatic heterocycles. The summed E-state index contributed by atoms with van der Waals surface area (Å²) in [6.45, 7) is 3.15. The van der Waals surface area contributed by atoms with Gasteiger partial charge in [-0.25, -0.2) is 0 Å². The molecule has 4 heteroatoms. The van der Waals surface area contributed by atoms with E-state index in [1.165, 1.54) is 16.3 Å². The van der Waals surface area contributed by atoms with Gasteiger partial charge in [0.2, 0.25) is 0 Å². The molecule has 3 aromatic carbocycles. The van der Waals surface area contributed by atoms with Gasteiger partial charge >= 0.3 is 5.97 Å². The van der Waals surface area contributed by atoms with E-state index in [0.717, 1.165) is 29.8 Å². The average Bonchev–Trinajstić information content (AvgIpc) is 3.25. The van der Waals surface area contributed by atoms with Crippen LogP contribution >= 0.6 is 0 Å². The minimum absolute atomic E-state index is 0.00580. The minimum atomic E-state index is -0.853. The zero-order valence-corrected chi connectivity index (χ0v) is 18.7. The van der Waals surface area contributed by atoms with E-state index >= 15 is 0 Å². The molecule has 0 spiro atoms. The molecule has 1 N–H and O–H groups in total. The fourth-order valence-electron chi connectivity index (χ4n) is 3.89. The van der Waals surface area contributed by atoms with Crippen molar-refractivity contribution in [1.29, 1.82) is 0 Å². The quantitative estimate of drug-likeness (QED) is 0.325. The van der Waals surface area contributed by atoms with Crippen LogP contribution in [-0.4, -0.2) is 15.6 Å². The lowest BCUT2D eigenvalue weighted by molar-refractivity contribution is -0.137. The van der Waals surface area contributed by atoms with Crippen molar-refractivity contribution in [2.75, 3.05) is 0 Å². The number of ether oxygens (including phenoxy) is 1. The summed E-state index contributed by atoms with van der Waals surface area (Å²) in [6, 6.07) is 24.5. The van der Waals surface area contributed by atoms with E-state index in [4.69, 9.17) is 9.84 Å². The Bertz CT molecular complexity index is 1240. The third-order valence-electron chi connectivity index (χ3n) is 5.67. The molecule has 4 nitrogen and oxygen atoms in total. The van der Waals surface area contributed by atoms with Crippen molar-refractivity contribution in [3.8, 4) is 17.6 Å². The summed E-state index contributed by atoms with van der Waals surface area (Å²) < 4.78 is 8.16. The van der Waals surface area contributed by atoms with Crippen LogP contribution < -0.4 is 4.74 Å². The molecule has 1 aromatic heterocycles. The smallest absolute Gasteiger partial charge is 0.304 e. The zero-order valence-electron chi connectivity index (χ0n) is 18.7. The van der Waals surface area contributed by atoms with Gasteiger partial charge < -0.3 is 14.4 Å². The maximum atomic E-state index is 11.1. The van der Waals surface area contributed by atoms with Crippen molar-refractivity contribution in [2.45, 2.75) is 38.8 Å². The van der Waals surface area contributed by atoms with E-state index in [-0.39, 0.29) is 12.3 Å². The Morgan fingerprint density at radius 2 is 1.58 bits per heavy atom. The van der Waals surface area contributed by atoms with E-state index in [1.807, 2.05) is 24.3 Å². The maximum absolute atomic E-state index is 11.1. The first-order valence-corrected chi connectivity index (χ1v) is 11.1. The van der Waals surface area contributed by atoms with Gasteiger partial charge in [-0.15, -0.1) is 5.92 Å². The van der Waals surface area contributed by atoms with E-state index < -0.39 is 5.97 Å². The van der Waals surface area contributed by atoms with Crippen LogP contribution in [0.5, 0.6) is 5.75 Å². The Morgan fingerprint density at radius 3 is 2.18 bits per heavy atom.